The number of benzene rings is 2. The number of carbonyl (C=O) groups excluding carboxylic acids is 1. The zero-order chi connectivity index (χ0) is 15.6. The zero-order valence-electron chi connectivity index (χ0n) is 12.7. The molecule has 0 fully saturated rings. The molecule has 0 saturated carbocycles. The first-order valence-electron chi connectivity index (χ1n) is 7.49. The van der Waals surface area contributed by atoms with Crippen molar-refractivity contribution in [2.45, 2.75) is 19.8 Å². The lowest BCUT2D eigenvalue weighted by molar-refractivity contribution is -0.116. The van der Waals surface area contributed by atoms with Crippen LogP contribution in [0, 0.1) is 0 Å². The molecule has 0 aliphatic heterocycles. The summed E-state index contributed by atoms with van der Waals surface area (Å²) < 4.78 is 11.3. The van der Waals surface area contributed by atoms with Gasteiger partial charge < -0.3 is 14.8 Å². The van der Waals surface area contributed by atoms with Gasteiger partial charge in [-0.15, -0.1) is 0 Å². The van der Waals surface area contributed by atoms with E-state index < -0.39 is 0 Å². The number of anilines is 1. The van der Waals surface area contributed by atoms with E-state index in [1.54, 1.807) is 0 Å². The van der Waals surface area contributed by atoms with Crippen molar-refractivity contribution in [2.75, 3.05) is 18.5 Å². The molecule has 0 radical (unpaired) electrons. The number of hydrogen-bond donors (Lipinski definition) is 1. The quantitative estimate of drug-likeness (QED) is 0.752. The van der Waals surface area contributed by atoms with Crippen LogP contribution in [0.2, 0.25) is 0 Å². The molecular weight excluding hydrogens is 278 g/mol. The third kappa shape index (κ3) is 5.13. The minimum absolute atomic E-state index is 0.000847. The lowest BCUT2D eigenvalue weighted by Gasteiger charge is -2.12. The summed E-state index contributed by atoms with van der Waals surface area (Å²) in [5, 5.41) is 2.87. The molecule has 2 aromatic rings. The van der Waals surface area contributed by atoms with Gasteiger partial charge in [-0.2, -0.15) is 0 Å². The molecule has 4 heteroatoms. The first-order chi connectivity index (χ1) is 10.8. The van der Waals surface area contributed by atoms with Crippen molar-refractivity contribution in [3.63, 3.8) is 0 Å². The highest BCUT2D eigenvalue weighted by Crippen LogP contribution is 2.24. The second kappa shape index (κ2) is 8.72. The molecule has 22 heavy (non-hydrogen) atoms. The van der Waals surface area contributed by atoms with Crippen LogP contribution in [0.1, 0.15) is 19.8 Å². The molecule has 4 nitrogen and oxygen atoms in total. The summed E-state index contributed by atoms with van der Waals surface area (Å²) in [7, 11) is 0. The Hall–Kier alpha value is -2.49. The van der Waals surface area contributed by atoms with Crippen LogP contribution < -0.4 is 14.8 Å². The molecule has 116 valence electrons. The Bertz CT molecular complexity index is 584. The highest BCUT2D eigenvalue weighted by Gasteiger charge is 2.06. The van der Waals surface area contributed by atoms with Gasteiger partial charge in [-0.05, 0) is 30.7 Å². The summed E-state index contributed by atoms with van der Waals surface area (Å²) in [6, 6.07) is 17.0. The van der Waals surface area contributed by atoms with Gasteiger partial charge in [0.05, 0.1) is 5.69 Å². The monoisotopic (exact) mass is 299 g/mol. The molecule has 0 spiro atoms. The Morgan fingerprint density at radius 1 is 0.955 bits per heavy atom. The lowest BCUT2D eigenvalue weighted by Crippen LogP contribution is -2.13. The normalized spacial score (nSPS) is 10.0. The van der Waals surface area contributed by atoms with Crippen LogP contribution in [0.25, 0.3) is 0 Å². The maximum atomic E-state index is 11.7. The lowest BCUT2D eigenvalue weighted by atomic mass is 10.2. The molecule has 0 aromatic heterocycles. The molecule has 0 unspecified atom stereocenters. The average molecular weight is 299 g/mol. The summed E-state index contributed by atoms with van der Waals surface area (Å²) in [6.07, 6.45) is 1.32. The van der Waals surface area contributed by atoms with Crippen LogP contribution in [0.3, 0.4) is 0 Å². The summed E-state index contributed by atoms with van der Waals surface area (Å²) in [4.78, 5) is 11.7. The fourth-order valence-corrected chi connectivity index (χ4v) is 1.96. The van der Waals surface area contributed by atoms with Crippen molar-refractivity contribution in [3.8, 4) is 11.5 Å². The van der Waals surface area contributed by atoms with E-state index in [0.717, 1.165) is 12.2 Å². The third-order valence-corrected chi connectivity index (χ3v) is 2.99. The van der Waals surface area contributed by atoms with Crippen molar-refractivity contribution in [1.82, 2.24) is 0 Å². The van der Waals surface area contributed by atoms with Gasteiger partial charge in [0, 0.05) is 6.42 Å². The molecule has 2 rings (SSSR count). The van der Waals surface area contributed by atoms with Crippen molar-refractivity contribution in [1.29, 1.82) is 0 Å². The molecule has 2 aromatic carbocycles. The van der Waals surface area contributed by atoms with E-state index in [-0.39, 0.29) is 5.91 Å². The maximum Gasteiger partial charge on any atom is 0.224 e. The Balaban J connectivity index is 1.83. The maximum absolute atomic E-state index is 11.7. The van der Waals surface area contributed by atoms with Crippen molar-refractivity contribution >= 4 is 11.6 Å². The minimum atomic E-state index is -0.000847. The summed E-state index contributed by atoms with van der Waals surface area (Å²) >= 11 is 0. The summed E-state index contributed by atoms with van der Waals surface area (Å²) in [5.74, 6) is 1.47. The van der Waals surface area contributed by atoms with Gasteiger partial charge in [-0.1, -0.05) is 37.3 Å². The largest absolute Gasteiger partial charge is 0.490 e. The van der Waals surface area contributed by atoms with Crippen LogP contribution in [-0.4, -0.2) is 19.1 Å². The SMILES string of the molecule is CCCC(=O)Nc1ccccc1OCCOc1ccccc1. The van der Waals surface area contributed by atoms with Gasteiger partial charge in [0.25, 0.3) is 0 Å². The van der Waals surface area contributed by atoms with E-state index in [1.807, 2.05) is 61.5 Å². The topological polar surface area (TPSA) is 47.6 Å². The van der Waals surface area contributed by atoms with Gasteiger partial charge in [-0.3, -0.25) is 4.79 Å². The predicted octanol–water partition coefficient (Wildman–Crippen LogP) is 3.88. The Kier molecular flexibility index (Phi) is 6.30. The number of nitrogens with one attached hydrogen (secondary N) is 1. The van der Waals surface area contributed by atoms with Crippen LogP contribution in [0.5, 0.6) is 11.5 Å². The highest BCUT2D eigenvalue weighted by molar-refractivity contribution is 5.92. The van der Waals surface area contributed by atoms with E-state index in [2.05, 4.69) is 5.32 Å². The van der Waals surface area contributed by atoms with Gasteiger partial charge in [-0.25, -0.2) is 0 Å². The van der Waals surface area contributed by atoms with Crippen molar-refractivity contribution in [3.05, 3.63) is 54.6 Å². The molecule has 0 aliphatic carbocycles. The van der Waals surface area contributed by atoms with Crippen LogP contribution in [0.4, 0.5) is 5.69 Å². The third-order valence-electron chi connectivity index (χ3n) is 2.99. The molecule has 0 aliphatic rings. The molecule has 0 heterocycles. The number of rotatable bonds is 8. The number of carbonyl (C=O) groups is 1. The van der Waals surface area contributed by atoms with E-state index in [4.69, 9.17) is 9.47 Å². The van der Waals surface area contributed by atoms with Gasteiger partial charge in [0.1, 0.15) is 24.7 Å². The van der Waals surface area contributed by atoms with E-state index >= 15 is 0 Å². The fourth-order valence-electron chi connectivity index (χ4n) is 1.96. The van der Waals surface area contributed by atoms with Crippen LogP contribution in [-0.2, 0) is 4.79 Å². The highest BCUT2D eigenvalue weighted by atomic mass is 16.5. The standard InChI is InChI=1S/C18H21NO3/c1-2-8-18(20)19-16-11-6-7-12-17(16)22-14-13-21-15-9-4-3-5-10-15/h3-7,9-12H,2,8,13-14H2,1H3,(H,19,20). The van der Waals surface area contributed by atoms with Crippen LogP contribution >= 0.6 is 0 Å². The summed E-state index contributed by atoms with van der Waals surface area (Å²) in [6.45, 7) is 2.83. The van der Waals surface area contributed by atoms with Crippen LogP contribution in [0.15, 0.2) is 54.6 Å². The Morgan fingerprint density at radius 3 is 2.41 bits per heavy atom. The smallest absolute Gasteiger partial charge is 0.224 e. The number of amides is 1. The second-order valence-electron chi connectivity index (χ2n) is 4.80. The minimum Gasteiger partial charge on any atom is -0.490 e. The first-order valence-corrected chi connectivity index (χ1v) is 7.49. The molecule has 0 atom stereocenters. The van der Waals surface area contributed by atoms with Gasteiger partial charge >= 0.3 is 0 Å². The van der Waals surface area contributed by atoms with Crippen molar-refractivity contribution < 1.29 is 14.3 Å². The van der Waals surface area contributed by atoms with E-state index in [1.165, 1.54) is 0 Å². The predicted molar refractivity (Wildman–Crippen MR) is 87.4 cm³/mol. The first kappa shape index (κ1) is 15.9. The second-order valence-corrected chi connectivity index (χ2v) is 4.80. The van der Waals surface area contributed by atoms with Gasteiger partial charge in [0.2, 0.25) is 5.91 Å². The Morgan fingerprint density at radius 2 is 1.64 bits per heavy atom. The molecule has 0 saturated heterocycles. The molecular formula is C18H21NO3. The van der Waals surface area contributed by atoms with E-state index in [0.29, 0.717) is 31.1 Å². The summed E-state index contributed by atoms with van der Waals surface area (Å²) in [5.41, 5.74) is 0.695. The molecule has 0 bridgehead atoms. The van der Waals surface area contributed by atoms with Gasteiger partial charge in [0.15, 0.2) is 0 Å². The average Bonchev–Trinajstić information content (AvgIpc) is 2.54. The number of para-hydroxylation sites is 3. The zero-order valence-corrected chi connectivity index (χ0v) is 12.7. The number of ether oxygens (including phenoxy) is 2. The fraction of sp³-hybridized carbons (Fsp3) is 0.278. The Labute approximate surface area is 131 Å². The van der Waals surface area contributed by atoms with E-state index in [9.17, 15) is 4.79 Å². The molecule has 1 N–H and O–H groups in total. The number of hydrogen-bond acceptors (Lipinski definition) is 3. The molecule has 1 amide bonds. The van der Waals surface area contributed by atoms with Crippen molar-refractivity contribution in [2.24, 2.45) is 0 Å².